The van der Waals surface area contributed by atoms with Crippen molar-refractivity contribution in [2.45, 2.75) is 0 Å². The molecule has 0 spiro atoms. The third-order valence-electron chi connectivity index (χ3n) is 8.46. The zero-order chi connectivity index (χ0) is 28.0. The highest BCUT2D eigenvalue weighted by molar-refractivity contribution is 6.24. The maximum atomic E-state index is 9.35. The summed E-state index contributed by atoms with van der Waals surface area (Å²) in [6.45, 7) is 0. The Balaban J connectivity index is 1.51. The summed E-state index contributed by atoms with van der Waals surface area (Å²) in [5.74, 6) is 0. The van der Waals surface area contributed by atoms with Crippen molar-refractivity contribution in [3.8, 4) is 72.8 Å². The Bertz CT molecular complexity index is 2150. The Morgan fingerprint density at radius 2 is 0.881 bits per heavy atom. The van der Waals surface area contributed by atoms with Gasteiger partial charge in [0.2, 0.25) is 0 Å². The molecule has 7 aromatic carbocycles. The molecule has 0 bridgehead atoms. The molecule has 0 aliphatic heterocycles. The number of nitrogens with zero attached hydrogens (tertiary/aromatic N) is 1. The predicted octanol–water partition coefficient (Wildman–Crippen LogP) is 11.0. The fourth-order valence-corrected chi connectivity index (χ4v) is 6.63. The van der Waals surface area contributed by atoms with Gasteiger partial charge in [0.25, 0.3) is 0 Å². The smallest absolute Gasteiger partial charge is 0.0991 e. The fraction of sp³-hybridized carbons (Fsp3) is 0. The second-order valence-electron chi connectivity index (χ2n) is 10.8. The molecule has 8 rings (SSSR count). The molecule has 0 aromatic heterocycles. The van der Waals surface area contributed by atoms with E-state index in [4.69, 9.17) is 0 Å². The van der Waals surface area contributed by atoms with Crippen LogP contribution in [0.15, 0.2) is 152 Å². The summed E-state index contributed by atoms with van der Waals surface area (Å²) < 4.78 is 0. The Morgan fingerprint density at radius 3 is 1.50 bits per heavy atom. The van der Waals surface area contributed by atoms with Crippen molar-refractivity contribution in [3.05, 3.63) is 157 Å². The van der Waals surface area contributed by atoms with Crippen LogP contribution >= 0.6 is 0 Å². The van der Waals surface area contributed by atoms with Gasteiger partial charge in [0, 0.05) is 0 Å². The molecular weight excluding hydrogens is 506 g/mol. The highest BCUT2D eigenvalue weighted by Crippen LogP contribution is 2.57. The van der Waals surface area contributed by atoms with Crippen LogP contribution in [-0.4, -0.2) is 0 Å². The molecule has 1 aliphatic carbocycles. The van der Waals surface area contributed by atoms with Gasteiger partial charge < -0.3 is 0 Å². The topological polar surface area (TPSA) is 23.8 Å². The molecule has 7 aromatic rings. The molecule has 1 heteroatoms. The van der Waals surface area contributed by atoms with Crippen LogP contribution < -0.4 is 0 Å². The molecule has 0 heterocycles. The van der Waals surface area contributed by atoms with Gasteiger partial charge in [0.1, 0.15) is 0 Å². The van der Waals surface area contributed by atoms with Crippen LogP contribution in [0.4, 0.5) is 0 Å². The first-order valence-electron chi connectivity index (χ1n) is 14.3. The zero-order valence-electron chi connectivity index (χ0n) is 22.9. The van der Waals surface area contributed by atoms with E-state index in [1.807, 2.05) is 12.1 Å². The van der Waals surface area contributed by atoms with E-state index in [0.29, 0.717) is 5.56 Å². The third-order valence-corrected chi connectivity index (χ3v) is 8.46. The summed E-state index contributed by atoms with van der Waals surface area (Å²) in [6, 6.07) is 56.2. The van der Waals surface area contributed by atoms with Crippen molar-refractivity contribution in [3.63, 3.8) is 0 Å². The number of nitriles is 1. The summed E-state index contributed by atoms with van der Waals surface area (Å²) in [6.07, 6.45) is 0. The molecule has 0 radical (unpaired) electrons. The molecule has 1 nitrogen and oxygen atoms in total. The SMILES string of the molecule is N#Cc1ccc(-c2ccc3c4c(cccc24)-c2c(-c4ccccc4)cc(-c4ccccc4)c(-c4ccccc4)c2-3)cc1. The molecule has 0 N–H and O–H groups in total. The molecule has 0 atom stereocenters. The van der Waals surface area contributed by atoms with Gasteiger partial charge in [-0.1, -0.05) is 133 Å². The number of benzene rings is 7. The Morgan fingerprint density at radius 1 is 0.357 bits per heavy atom. The average molecular weight is 532 g/mol. The molecular formula is C41H25N. The van der Waals surface area contributed by atoms with Crippen molar-refractivity contribution in [2.24, 2.45) is 0 Å². The zero-order valence-corrected chi connectivity index (χ0v) is 22.9. The minimum Gasteiger partial charge on any atom is -0.192 e. The van der Waals surface area contributed by atoms with E-state index >= 15 is 0 Å². The van der Waals surface area contributed by atoms with E-state index in [1.54, 1.807) is 0 Å². The first kappa shape index (κ1) is 24.1. The molecule has 0 saturated heterocycles. The van der Waals surface area contributed by atoms with E-state index in [1.165, 1.54) is 72.0 Å². The van der Waals surface area contributed by atoms with E-state index in [2.05, 4.69) is 146 Å². The van der Waals surface area contributed by atoms with Crippen molar-refractivity contribution in [2.75, 3.05) is 0 Å². The fourth-order valence-electron chi connectivity index (χ4n) is 6.63. The molecule has 42 heavy (non-hydrogen) atoms. The number of fused-ring (bicyclic) bond motifs is 3. The standard InChI is InChI=1S/C41H25N/c42-26-27-19-21-30(22-20-27)32-23-24-35-39-33(32)17-10-18-34(39)40-37(29-13-6-2-7-14-29)25-36(28-11-4-1-5-12-28)38(41(35)40)31-15-8-3-9-16-31/h1-25H. The van der Waals surface area contributed by atoms with Crippen LogP contribution in [0.1, 0.15) is 5.56 Å². The molecule has 0 amide bonds. The van der Waals surface area contributed by atoms with Crippen LogP contribution in [0.3, 0.4) is 0 Å². The Kier molecular flexibility index (Phi) is 5.59. The van der Waals surface area contributed by atoms with Gasteiger partial charge in [-0.3, -0.25) is 0 Å². The van der Waals surface area contributed by atoms with E-state index < -0.39 is 0 Å². The van der Waals surface area contributed by atoms with E-state index in [9.17, 15) is 5.26 Å². The normalized spacial score (nSPS) is 11.3. The molecule has 1 aliphatic rings. The lowest BCUT2D eigenvalue weighted by Crippen LogP contribution is -1.94. The van der Waals surface area contributed by atoms with Crippen LogP contribution in [0.2, 0.25) is 0 Å². The van der Waals surface area contributed by atoms with E-state index in [-0.39, 0.29) is 0 Å². The Labute approximate surface area is 245 Å². The van der Waals surface area contributed by atoms with Gasteiger partial charge >= 0.3 is 0 Å². The monoisotopic (exact) mass is 531 g/mol. The molecule has 0 saturated carbocycles. The summed E-state index contributed by atoms with van der Waals surface area (Å²) in [5.41, 5.74) is 15.4. The van der Waals surface area contributed by atoms with Gasteiger partial charge in [-0.15, -0.1) is 0 Å². The predicted molar refractivity (Wildman–Crippen MR) is 175 cm³/mol. The first-order valence-corrected chi connectivity index (χ1v) is 14.3. The van der Waals surface area contributed by atoms with Crippen molar-refractivity contribution in [1.29, 1.82) is 5.26 Å². The summed E-state index contributed by atoms with van der Waals surface area (Å²) >= 11 is 0. The summed E-state index contributed by atoms with van der Waals surface area (Å²) in [5, 5.41) is 11.9. The van der Waals surface area contributed by atoms with Gasteiger partial charge in [-0.05, 0) is 95.7 Å². The quantitative estimate of drug-likeness (QED) is 0.222. The Hall–Kier alpha value is -5.71. The van der Waals surface area contributed by atoms with Crippen LogP contribution in [0, 0.1) is 11.3 Å². The maximum Gasteiger partial charge on any atom is 0.0991 e. The number of rotatable bonds is 4. The highest BCUT2D eigenvalue weighted by Gasteiger charge is 2.30. The van der Waals surface area contributed by atoms with Crippen LogP contribution in [-0.2, 0) is 0 Å². The largest absolute Gasteiger partial charge is 0.192 e. The minimum atomic E-state index is 0.672. The minimum absolute atomic E-state index is 0.672. The lowest BCUT2D eigenvalue weighted by Gasteiger charge is -2.21. The van der Waals surface area contributed by atoms with E-state index in [0.717, 1.165) is 5.56 Å². The van der Waals surface area contributed by atoms with Crippen molar-refractivity contribution >= 4 is 10.8 Å². The van der Waals surface area contributed by atoms with Gasteiger partial charge in [0.15, 0.2) is 0 Å². The molecule has 0 unspecified atom stereocenters. The molecule has 0 fully saturated rings. The third kappa shape index (κ3) is 3.70. The summed E-state index contributed by atoms with van der Waals surface area (Å²) in [4.78, 5) is 0. The lowest BCUT2D eigenvalue weighted by molar-refractivity contribution is 1.48. The molecule has 194 valence electrons. The lowest BCUT2D eigenvalue weighted by atomic mass is 9.82. The average Bonchev–Trinajstić information content (AvgIpc) is 3.41. The first-order chi connectivity index (χ1) is 20.8. The van der Waals surface area contributed by atoms with Gasteiger partial charge in [-0.25, -0.2) is 0 Å². The van der Waals surface area contributed by atoms with Gasteiger partial charge in [0.05, 0.1) is 11.6 Å². The van der Waals surface area contributed by atoms with Crippen LogP contribution in [0.25, 0.3) is 77.5 Å². The second-order valence-corrected chi connectivity index (χ2v) is 10.8. The number of hydrogen-bond donors (Lipinski definition) is 0. The van der Waals surface area contributed by atoms with Gasteiger partial charge in [-0.2, -0.15) is 5.26 Å². The second kappa shape index (κ2) is 9.73. The number of hydrogen-bond acceptors (Lipinski definition) is 1. The van der Waals surface area contributed by atoms with Crippen molar-refractivity contribution < 1.29 is 0 Å². The highest BCUT2D eigenvalue weighted by atomic mass is 14.3. The maximum absolute atomic E-state index is 9.35. The van der Waals surface area contributed by atoms with Crippen LogP contribution in [0.5, 0.6) is 0 Å². The van der Waals surface area contributed by atoms with Crippen molar-refractivity contribution in [1.82, 2.24) is 0 Å². The summed E-state index contributed by atoms with van der Waals surface area (Å²) in [7, 11) is 0.